The van der Waals surface area contributed by atoms with Crippen molar-refractivity contribution >= 4 is 34.8 Å². The molecule has 3 atom stereocenters. The van der Waals surface area contributed by atoms with Crippen LogP contribution in [0.1, 0.15) is 35.8 Å². The number of rotatable bonds is 3. The molecule has 3 heterocycles. The van der Waals surface area contributed by atoms with Crippen LogP contribution in [-0.4, -0.2) is 63.0 Å². The van der Waals surface area contributed by atoms with E-state index in [9.17, 15) is 23.3 Å². The number of hydrogen-bond donors (Lipinski definition) is 3. The highest BCUT2D eigenvalue weighted by atomic mass is 32.2. The molecule has 36 heavy (non-hydrogen) atoms. The number of aryl methyl sites for hydroxylation is 2. The van der Waals surface area contributed by atoms with Gasteiger partial charge in [-0.15, -0.1) is 4.72 Å². The number of carbonyl (C=O) groups is 3. The summed E-state index contributed by atoms with van der Waals surface area (Å²) in [6.45, 7) is 4.04. The summed E-state index contributed by atoms with van der Waals surface area (Å²) in [6, 6.07) is 4.33. The van der Waals surface area contributed by atoms with Gasteiger partial charge in [0.25, 0.3) is 5.91 Å². The number of amides is 3. The summed E-state index contributed by atoms with van der Waals surface area (Å²) in [4.78, 5) is 39.9. The molecule has 2 fully saturated rings. The van der Waals surface area contributed by atoms with Gasteiger partial charge in [-0.1, -0.05) is 0 Å². The zero-order valence-electron chi connectivity index (χ0n) is 20.2. The number of anilines is 1. The molecule has 1 aliphatic carbocycles. The molecule has 0 bridgehead atoms. The first kappa shape index (κ1) is 24.6. The molecular weight excluding hydrogens is 489 g/mol. The standard InChI is InChI=1S/C24H28FN5O5S/c1-13-8-16(6-7-17(13)25)27-21(31)19-20-18(10-29(19)3)36(34)28-24(2)12-30(9-14(24)11-35-20)23(33)22(32)26-15-4-5-15/h6-8,10,14-15,28H,4-5,9,11-12H2,1-3H3,(H,26,32)(H,27,31). The van der Waals surface area contributed by atoms with E-state index in [1.165, 1.54) is 27.7 Å². The van der Waals surface area contributed by atoms with E-state index < -0.39 is 34.6 Å². The molecule has 12 heteroatoms. The molecule has 2 aliphatic heterocycles. The Morgan fingerprint density at radius 1 is 1.31 bits per heavy atom. The van der Waals surface area contributed by atoms with Gasteiger partial charge in [-0.05, 0) is 50.5 Å². The number of ether oxygens (including phenoxy) is 1. The molecule has 1 saturated carbocycles. The van der Waals surface area contributed by atoms with Crippen molar-refractivity contribution in [2.45, 2.75) is 43.2 Å². The smallest absolute Gasteiger partial charge is 0.311 e. The molecule has 2 aromatic rings. The van der Waals surface area contributed by atoms with E-state index in [0.717, 1.165) is 12.8 Å². The number of carbonyl (C=O) groups excluding carboxylic acids is 3. The Labute approximate surface area is 210 Å². The van der Waals surface area contributed by atoms with E-state index in [1.807, 2.05) is 6.92 Å². The zero-order valence-corrected chi connectivity index (χ0v) is 21.0. The van der Waals surface area contributed by atoms with E-state index in [2.05, 4.69) is 15.4 Å². The molecule has 1 aromatic heterocycles. The quantitative estimate of drug-likeness (QED) is 0.415. The lowest BCUT2D eigenvalue weighted by Crippen LogP contribution is -2.54. The third kappa shape index (κ3) is 4.56. The third-order valence-corrected chi connectivity index (χ3v) is 8.28. The van der Waals surface area contributed by atoms with Crippen molar-refractivity contribution in [3.8, 4) is 5.75 Å². The van der Waals surface area contributed by atoms with Gasteiger partial charge in [0.1, 0.15) is 5.82 Å². The summed E-state index contributed by atoms with van der Waals surface area (Å²) < 4.78 is 37.7. The van der Waals surface area contributed by atoms with Gasteiger partial charge in [-0.2, -0.15) is 0 Å². The monoisotopic (exact) mass is 517 g/mol. The van der Waals surface area contributed by atoms with E-state index in [-0.39, 0.29) is 48.9 Å². The van der Waals surface area contributed by atoms with Crippen LogP contribution in [-0.2, 0) is 28.0 Å². The van der Waals surface area contributed by atoms with Crippen LogP contribution >= 0.6 is 0 Å². The van der Waals surface area contributed by atoms with Crippen molar-refractivity contribution < 1.29 is 28.1 Å². The molecule has 0 radical (unpaired) electrons. The van der Waals surface area contributed by atoms with Crippen LogP contribution in [0.15, 0.2) is 29.3 Å². The predicted octanol–water partition coefficient (Wildman–Crippen LogP) is 1.23. The molecule has 5 rings (SSSR count). The molecule has 1 aromatic carbocycles. The van der Waals surface area contributed by atoms with Crippen molar-refractivity contribution in [3.05, 3.63) is 41.5 Å². The van der Waals surface area contributed by atoms with Crippen molar-refractivity contribution in [2.24, 2.45) is 13.0 Å². The van der Waals surface area contributed by atoms with Gasteiger partial charge in [0.05, 0.1) is 29.7 Å². The minimum absolute atomic E-state index is 0.0703. The summed E-state index contributed by atoms with van der Waals surface area (Å²) in [5.41, 5.74) is 0.213. The van der Waals surface area contributed by atoms with Crippen molar-refractivity contribution in [1.29, 1.82) is 0 Å². The number of aromatic nitrogens is 1. The lowest BCUT2D eigenvalue weighted by molar-refractivity contribution is -0.145. The Morgan fingerprint density at radius 3 is 2.75 bits per heavy atom. The molecule has 3 amide bonds. The SMILES string of the molecule is Cc1cc(NC(=O)c2c3c(cn2C)[S+]([O-])NC2(C)CN(C(=O)C(=O)NC4CC4)CC2CO3)ccc1F. The van der Waals surface area contributed by atoms with Gasteiger partial charge < -0.3 is 29.4 Å². The fourth-order valence-electron chi connectivity index (χ4n) is 4.66. The third-order valence-electron chi connectivity index (χ3n) is 6.94. The second kappa shape index (κ2) is 9.09. The Kier molecular flexibility index (Phi) is 6.21. The van der Waals surface area contributed by atoms with Crippen molar-refractivity contribution in [2.75, 3.05) is 25.0 Å². The highest BCUT2D eigenvalue weighted by Crippen LogP contribution is 2.38. The molecule has 0 spiro atoms. The summed E-state index contributed by atoms with van der Waals surface area (Å²) in [7, 11) is 1.65. The Balaban J connectivity index is 1.36. The van der Waals surface area contributed by atoms with E-state index in [4.69, 9.17) is 4.74 Å². The molecule has 3 unspecified atom stereocenters. The van der Waals surface area contributed by atoms with Crippen LogP contribution in [0.3, 0.4) is 0 Å². The molecular formula is C24H28FN5O5S. The first-order chi connectivity index (χ1) is 17.1. The number of hydrogen-bond acceptors (Lipinski definition) is 6. The van der Waals surface area contributed by atoms with E-state index in [0.29, 0.717) is 16.1 Å². The first-order valence-corrected chi connectivity index (χ1v) is 12.9. The van der Waals surface area contributed by atoms with Gasteiger partial charge in [0, 0.05) is 37.8 Å². The Morgan fingerprint density at radius 2 is 2.06 bits per heavy atom. The average Bonchev–Trinajstić information content (AvgIpc) is 3.48. The van der Waals surface area contributed by atoms with Crippen LogP contribution < -0.4 is 20.1 Å². The van der Waals surface area contributed by atoms with Crippen LogP contribution in [0.2, 0.25) is 0 Å². The summed E-state index contributed by atoms with van der Waals surface area (Å²) in [6.07, 6.45) is 3.32. The number of halogens is 1. The zero-order chi connectivity index (χ0) is 25.8. The van der Waals surface area contributed by atoms with Crippen LogP contribution in [0.4, 0.5) is 10.1 Å². The van der Waals surface area contributed by atoms with Crippen LogP contribution in [0.25, 0.3) is 0 Å². The number of fused-ring (bicyclic) bond motifs is 2. The number of benzene rings is 1. The summed E-state index contributed by atoms with van der Waals surface area (Å²) in [5.74, 6) is -2.21. The van der Waals surface area contributed by atoms with E-state index in [1.54, 1.807) is 20.2 Å². The maximum atomic E-state index is 13.6. The molecule has 3 N–H and O–H groups in total. The van der Waals surface area contributed by atoms with Crippen LogP contribution in [0.5, 0.6) is 5.75 Å². The largest absolute Gasteiger partial charge is 0.593 e. The van der Waals surface area contributed by atoms with Gasteiger partial charge in [-0.3, -0.25) is 14.4 Å². The minimum atomic E-state index is -1.75. The van der Waals surface area contributed by atoms with Gasteiger partial charge in [0.2, 0.25) is 10.6 Å². The second-order valence-electron chi connectivity index (χ2n) is 9.93. The minimum Gasteiger partial charge on any atom is -0.593 e. The fourth-order valence-corrected chi connectivity index (χ4v) is 6.00. The highest BCUT2D eigenvalue weighted by Gasteiger charge is 2.51. The lowest BCUT2D eigenvalue weighted by Gasteiger charge is -2.32. The van der Waals surface area contributed by atoms with Gasteiger partial charge in [-0.25, -0.2) is 4.39 Å². The maximum absolute atomic E-state index is 13.6. The van der Waals surface area contributed by atoms with Crippen molar-refractivity contribution in [1.82, 2.24) is 19.5 Å². The molecule has 192 valence electrons. The fraction of sp³-hybridized carbons (Fsp3) is 0.458. The summed E-state index contributed by atoms with van der Waals surface area (Å²) >= 11 is -1.75. The summed E-state index contributed by atoms with van der Waals surface area (Å²) in [5, 5.41) is 5.45. The number of nitrogens with zero attached hydrogens (tertiary/aromatic N) is 2. The van der Waals surface area contributed by atoms with E-state index >= 15 is 0 Å². The number of nitrogens with one attached hydrogen (secondary N) is 3. The predicted molar refractivity (Wildman–Crippen MR) is 129 cm³/mol. The average molecular weight is 518 g/mol. The normalized spacial score (nSPS) is 25.2. The number of likely N-dealkylation sites (tertiary alicyclic amines) is 1. The molecule has 3 aliphatic rings. The lowest BCUT2D eigenvalue weighted by atomic mass is 9.91. The first-order valence-electron chi connectivity index (χ1n) is 11.7. The van der Waals surface area contributed by atoms with Crippen LogP contribution in [0, 0.1) is 18.7 Å². The Hall–Kier alpha value is -3.09. The second-order valence-corrected chi connectivity index (χ2v) is 11.1. The Bertz CT molecular complexity index is 1250. The topological polar surface area (TPSA) is 128 Å². The maximum Gasteiger partial charge on any atom is 0.311 e. The molecule has 10 nitrogen and oxygen atoms in total. The molecule has 1 saturated heterocycles. The van der Waals surface area contributed by atoms with Gasteiger partial charge >= 0.3 is 11.8 Å². The van der Waals surface area contributed by atoms with Gasteiger partial charge in [0.15, 0.2) is 5.69 Å². The van der Waals surface area contributed by atoms with Crippen molar-refractivity contribution in [3.63, 3.8) is 0 Å². The highest BCUT2D eigenvalue weighted by molar-refractivity contribution is 7.89.